The molecule has 41 heavy (non-hydrogen) atoms. The third-order valence-electron chi connectivity index (χ3n) is 6.33. The van der Waals surface area contributed by atoms with E-state index in [2.05, 4.69) is 15.5 Å². The number of thioether (sulfide) groups is 1. The van der Waals surface area contributed by atoms with E-state index in [9.17, 15) is 14.9 Å². The molecule has 1 unspecified atom stereocenters. The van der Waals surface area contributed by atoms with Gasteiger partial charge in [0.2, 0.25) is 5.91 Å². The molecule has 1 atom stereocenters. The smallest absolute Gasteiger partial charge is 0.269 e. The van der Waals surface area contributed by atoms with Gasteiger partial charge in [-0.05, 0) is 41.3 Å². The van der Waals surface area contributed by atoms with Crippen LogP contribution in [0.1, 0.15) is 28.6 Å². The second kappa shape index (κ2) is 13.4. The summed E-state index contributed by atoms with van der Waals surface area (Å²) in [5.74, 6) is 0.910. The highest BCUT2D eigenvalue weighted by atomic mass is 32.2. The first-order valence-electron chi connectivity index (χ1n) is 13.0. The summed E-state index contributed by atoms with van der Waals surface area (Å²) in [5.41, 5.74) is 3.70. The van der Waals surface area contributed by atoms with Crippen molar-refractivity contribution in [1.82, 2.24) is 20.1 Å². The van der Waals surface area contributed by atoms with E-state index in [1.807, 2.05) is 95.6 Å². The second-order valence-corrected chi connectivity index (χ2v) is 10.2. The zero-order valence-corrected chi connectivity index (χ0v) is 22.9. The molecule has 0 radical (unpaired) electrons. The lowest BCUT2D eigenvalue weighted by atomic mass is 10.0. The molecule has 204 valence electrons. The zero-order valence-electron chi connectivity index (χ0n) is 22.0. The van der Waals surface area contributed by atoms with Crippen molar-refractivity contribution in [1.29, 1.82) is 0 Å². The number of nitrogens with one attached hydrogen (secondary N) is 1. The number of hydrogen-bond donors (Lipinski definition) is 1. The molecule has 0 saturated carbocycles. The Kier molecular flexibility index (Phi) is 8.98. The zero-order chi connectivity index (χ0) is 28.4. The Labute approximate surface area is 241 Å². The van der Waals surface area contributed by atoms with Crippen molar-refractivity contribution in [2.75, 3.05) is 0 Å². The summed E-state index contributed by atoms with van der Waals surface area (Å²) in [6, 6.07) is 35.2. The number of amides is 1. The lowest BCUT2D eigenvalue weighted by Gasteiger charge is -2.19. The van der Waals surface area contributed by atoms with Gasteiger partial charge in [0.15, 0.2) is 11.0 Å². The molecule has 8 nitrogen and oxygen atoms in total. The van der Waals surface area contributed by atoms with Crippen LogP contribution in [0.15, 0.2) is 126 Å². The third-order valence-corrected chi connectivity index (χ3v) is 7.33. The maximum atomic E-state index is 13.1. The molecule has 0 spiro atoms. The lowest BCUT2D eigenvalue weighted by molar-refractivity contribution is -0.384. The average Bonchev–Trinajstić information content (AvgIpc) is 3.44. The fraction of sp³-hybridized carbons (Fsp3) is 0.0938. The van der Waals surface area contributed by atoms with Gasteiger partial charge >= 0.3 is 0 Å². The number of nitrogens with zero attached hydrogens (tertiary/aromatic N) is 4. The van der Waals surface area contributed by atoms with Crippen molar-refractivity contribution < 1.29 is 9.72 Å². The molecule has 1 N–H and O–H groups in total. The van der Waals surface area contributed by atoms with Gasteiger partial charge in [0.05, 0.1) is 11.0 Å². The van der Waals surface area contributed by atoms with E-state index in [1.54, 1.807) is 18.2 Å². The summed E-state index contributed by atoms with van der Waals surface area (Å²) in [7, 11) is 0. The number of aromatic nitrogens is 3. The number of carbonyl (C=O) groups excluding carboxylic acids is 1. The molecule has 5 rings (SSSR count). The molecular formula is C32H27N5O3S. The minimum absolute atomic E-state index is 0.0120. The molecule has 5 aromatic rings. The molecule has 0 aliphatic carbocycles. The van der Waals surface area contributed by atoms with Gasteiger partial charge in [0.1, 0.15) is 0 Å². The summed E-state index contributed by atoms with van der Waals surface area (Å²) in [4.78, 5) is 24.0. The average molecular weight is 562 g/mol. The number of rotatable bonds is 11. The van der Waals surface area contributed by atoms with E-state index in [1.165, 1.54) is 30.0 Å². The number of nitro groups is 1. The van der Waals surface area contributed by atoms with Crippen molar-refractivity contribution in [3.05, 3.63) is 154 Å². The van der Waals surface area contributed by atoms with Gasteiger partial charge < -0.3 is 5.32 Å². The van der Waals surface area contributed by atoms with Crippen LogP contribution >= 0.6 is 11.8 Å². The summed E-state index contributed by atoms with van der Waals surface area (Å²) in [6.07, 6.45) is 3.74. The van der Waals surface area contributed by atoms with Gasteiger partial charge in [0, 0.05) is 29.6 Å². The molecular weight excluding hydrogens is 534 g/mol. The predicted octanol–water partition coefficient (Wildman–Crippen LogP) is 6.58. The first-order valence-corrected chi connectivity index (χ1v) is 14.0. The van der Waals surface area contributed by atoms with Gasteiger partial charge in [0.25, 0.3) is 5.69 Å². The van der Waals surface area contributed by atoms with E-state index in [0.29, 0.717) is 28.8 Å². The molecule has 0 bridgehead atoms. The molecule has 1 heterocycles. The minimum Gasteiger partial charge on any atom is -0.342 e. The van der Waals surface area contributed by atoms with Crippen LogP contribution in [0, 0.1) is 10.1 Å². The highest BCUT2D eigenvalue weighted by Gasteiger charge is 2.25. The Hall–Kier alpha value is -5.02. The lowest BCUT2D eigenvalue weighted by Crippen LogP contribution is -2.30. The van der Waals surface area contributed by atoms with E-state index in [0.717, 1.165) is 16.7 Å². The maximum absolute atomic E-state index is 13.1. The highest BCUT2D eigenvalue weighted by molar-refractivity contribution is 7.98. The summed E-state index contributed by atoms with van der Waals surface area (Å²) in [6.45, 7) is 0. The summed E-state index contributed by atoms with van der Waals surface area (Å²) < 4.78 is 1.87. The van der Waals surface area contributed by atoms with Crippen LogP contribution in [0.25, 0.3) is 11.8 Å². The van der Waals surface area contributed by atoms with Crippen LogP contribution in [0.4, 0.5) is 5.69 Å². The van der Waals surface area contributed by atoms with Gasteiger partial charge in [-0.1, -0.05) is 103 Å². The highest BCUT2D eigenvalue weighted by Crippen LogP contribution is 2.30. The van der Waals surface area contributed by atoms with Crippen LogP contribution < -0.4 is 5.32 Å². The molecule has 1 amide bonds. The van der Waals surface area contributed by atoms with Crippen molar-refractivity contribution in [3.8, 4) is 5.69 Å². The van der Waals surface area contributed by atoms with Gasteiger partial charge in [-0.15, -0.1) is 10.2 Å². The van der Waals surface area contributed by atoms with E-state index >= 15 is 0 Å². The van der Waals surface area contributed by atoms with Crippen molar-refractivity contribution in [2.45, 2.75) is 23.4 Å². The fourth-order valence-corrected chi connectivity index (χ4v) is 5.22. The molecule has 0 aliphatic heterocycles. The topological polar surface area (TPSA) is 103 Å². The van der Waals surface area contributed by atoms with Gasteiger partial charge in [-0.25, -0.2) is 0 Å². The molecule has 0 saturated heterocycles. The van der Waals surface area contributed by atoms with Gasteiger partial charge in [-0.3, -0.25) is 19.5 Å². The number of non-ortho nitro benzene ring substituents is 1. The summed E-state index contributed by atoms with van der Waals surface area (Å²) in [5, 5.41) is 24.1. The standard InChI is InChI=1S/C32H27N5O3S/c38-30(21-16-24-10-4-1-5-11-24)33-29(22-25-12-6-2-7-13-25)31-34-35-32(41-23-26-14-8-3-9-15-26)36(31)27-17-19-28(20-18-27)37(39)40/h1-21,29H,22-23H2,(H,33,38)/b21-16+. The monoisotopic (exact) mass is 561 g/mol. The van der Waals surface area contributed by atoms with Crippen LogP contribution in [-0.4, -0.2) is 25.6 Å². The Morgan fingerprint density at radius 1 is 0.854 bits per heavy atom. The molecule has 4 aromatic carbocycles. The Balaban J connectivity index is 1.51. The predicted molar refractivity (Wildman–Crippen MR) is 161 cm³/mol. The van der Waals surface area contributed by atoms with E-state index < -0.39 is 11.0 Å². The quantitative estimate of drug-likeness (QED) is 0.0846. The number of benzene rings is 4. The minimum atomic E-state index is -0.529. The Morgan fingerprint density at radius 2 is 1.46 bits per heavy atom. The Bertz CT molecular complexity index is 1620. The van der Waals surface area contributed by atoms with E-state index in [-0.39, 0.29) is 11.6 Å². The first kappa shape index (κ1) is 27.5. The van der Waals surface area contributed by atoms with Gasteiger partial charge in [-0.2, -0.15) is 0 Å². The van der Waals surface area contributed by atoms with Crippen LogP contribution in [0.2, 0.25) is 0 Å². The second-order valence-electron chi connectivity index (χ2n) is 9.22. The normalized spacial score (nSPS) is 11.8. The Morgan fingerprint density at radius 3 is 2.10 bits per heavy atom. The first-order chi connectivity index (χ1) is 20.1. The van der Waals surface area contributed by atoms with Crippen molar-refractivity contribution >= 4 is 29.4 Å². The van der Waals surface area contributed by atoms with Crippen LogP contribution in [0.5, 0.6) is 0 Å². The SMILES string of the molecule is O=C(/C=C/c1ccccc1)NC(Cc1ccccc1)c1nnc(SCc2ccccc2)n1-c1ccc([N+](=O)[O-])cc1. The summed E-state index contributed by atoms with van der Waals surface area (Å²) >= 11 is 1.51. The van der Waals surface area contributed by atoms with Crippen molar-refractivity contribution in [2.24, 2.45) is 0 Å². The molecule has 0 fully saturated rings. The largest absolute Gasteiger partial charge is 0.342 e. The van der Waals surface area contributed by atoms with Crippen LogP contribution in [-0.2, 0) is 17.0 Å². The number of nitro benzene ring substituents is 1. The van der Waals surface area contributed by atoms with Crippen LogP contribution in [0.3, 0.4) is 0 Å². The third kappa shape index (κ3) is 7.34. The molecule has 1 aromatic heterocycles. The van der Waals surface area contributed by atoms with Crippen molar-refractivity contribution in [3.63, 3.8) is 0 Å². The maximum Gasteiger partial charge on any atom is 0.269 e. The number of hydrogen-bond acceptors (Lipinski definition) is 6. The molecule has 9 heteroatoms. The molecule has 0 aliphatic rings. The van der Waals surface area contributed by atoms with E-state index in [4.69, 9.17) is 0 Å². The number of carbonyl (C=O) groups is 1. The fourth-order valence-electron chi connectivity index (χ4n) is 4.30.